The van der Waals surface area contributed by atoms with Gasteiger partial charge in [-0.2, -0.15) is 4.98 Å². The Labute approximate surface area is 157 Å². The topological polar surface area (TPSA) is 241 Å². The first-order valence-corrected chi connectivity index (χ1v) is 12.5. The average Bonchev–Trinajstić information content (AvgIpc) is 2.82. The second-order valence-corrected chi connectivity index (χ2v) is 11.3. The van der Waals surface area contributed by atoms with E-state index in [0.717, 1.165) is 4.57 Å². The Kier molecular flexibility index (Phi) is 7.02. The predicted molar refractivity (Wildman–Crippen MR) is 91.0 cm³/mol. The van der Waals surface area contributed by atoms with Crippen molar-refractivity contribution in [1.82, 2.24) is 9.55 Å². The van der Waals surface area contributed by atoms with Crippen LogP contribution in [0.2, 0.25) is 0 Å². The third-order valence-corrected chi connectivity index (χ3v) is 8.59. The lowest BCUT2D eigenvalue weighted by Crippen LogP contribution is -2.28. The van der Waals surface area contributed by atoms with Crippen LogP contribution in [0.15, 0.2) is 17.1 Å². The van der Waals surface area contributed by atoms with E-state index in [-0.39, 0.29) is 12.2 Å². The van der Waals surface area contributed by atoms with Crippen LogP contribution in [-0.2, 0) is 27.3 Å². The lowest BCUT2D eigenvalue weighted by molar-refractivity contribution is -0.0447. The number of aliphatic hydroxyl groups excluding tert-OH is 1. The van der Waals surface area contributed by atoms with E-state index in [1.54, 1.807) is 0 Å². The van der Waals surface area contributed by atoms with E-state index >= 15 is 0 Å². The highest BCUT2D eigenvalue weighted by molar-refractivity contribution is 7.73. The smallest absolute Gasteiger partial charge is 0.390 e. The van der Waals surface area contributed by atoms with E-state index in [1.807, 2.05) is 0 Å². The fourth-order valence-electron chi connectivity index (χ4n) is 2.29. The summed E-state index contributed by atoms with van der Waals surface area (Å²) >= 11 is 0. The fraction of sp³-hybridized carbons (Fsp3) is 0.600. The van der Waals surface area contributed by atoms with Crippen molar-refractivity contribution in [3.8, 4) is 0 Å². The zero-order valence-electron chi connectivity index (χ0n) is 13.9. The Morgan fingerprint density at radius 2 is 1.93 bits per heavy atom. The highest BCUT2D eigenvalue weighted by atomic mass is 31.3. The van der Waals surface area contributed by atoms with Gasteiger partial charge in [0.1, 0.15) is 18.1 Å². The largest absolute Gasteiger partial charge is 0.479 e. The molecule has 28 heavy (non-hydrogen) atoms. The molecule has 0 amide bonds. The summed E-state index contributed by atoms with van der Waals surface area (Å²) in [6.45, 7) is -0.793. The SMILES string of the molecule is Nc1ccn([C@H]2C[C@H](O)[C@@H](COP(=O)(O)OP(=O)(O)CP(=O)(O)O)O2)c(=O)n1. The Morgan fingerprint density at radius 3 is 2.50 bits per heavy atom. The van der Waals surface area contributed by atoms with Crippen LogP contribution in [0.3, 0.4) is 0 Å². The Bertz CT molecular complexity index is 914. The van der Waals surface area contributed by atoms with E-state index in [1.165, 1.54) is 12.3 Å². The second-order valence-electron chi connectivity index (χ2n) is 5.76. The number of nitrogens with two attached hydrogens (primary N) is 1. The summed E-state index contributed by atoms with van der Waals surface area (Å²) < 4.78 is 48.7. The van der Waals surface area contributed by atoms with Gasteiger partial charge < -0.3 is 35.2 Å². The first-order valence-electron chi connectivity index (χ1n) is 7.41. The number of aliphatic hydroxyl groups is 1. The molecule has 1 fully saturated rings. The van der Waals surface area contributed by atoms with E-state index in [2.05, 4.69) is 13.8 Å². The van der Waals surface area contributed by atoms with Gasteiger partial charge in [0.05, 0.1) is 12.7 Å². The molecule has 2 unspecified atom stereocenters. The maximum absolute atomic E-state index is 11.8. The molecule has 0 spiro atoms. The number of ether oxygens (including phenoxy) is 1. The van der Waals surface area contributed by atoms with Gasteiger partial charge >= 0.3 is 28.7 Å². The van der Waals surface area contributed by atoms with Crippen LogP contribution in [-0.4, -0.2) is 58.9 Å². The molecule has 2 rings (SSSR count). The van der Waals surface area contributed by atoms with Gasteiger partial charge in [-0.3, -0.25) is 18.2 Å². The van der Waals surface area contributed by atoms with Crippen molar-refractivity contribution in [2.24, 2.45) is 0 Å². The number of hydrogen-bond donors (Lipinski definition) is 6. The summed E-state index contributed by atoms with van der Waals surface area (Å²) in [5.41, 5.74) is 4.61. The lowest BCUT2D eigenvalue weighted by atomic mass is 10.2. The molecule has 1 aromatic rings. The fourth-order valence-corrected chi connectivity index (χ4v) is 6.64. The number of hydrogen-bond acceptors (Lipinski definition) is 10. The van der Waals surface area contributed by atoms with Crippen LogP contribution in [0, 0.1) is 0 Å². The van der Waals surface area contributed by atoms with Crippen molar-refractivity contribution in [2.75, 3.05) is 18.2 Å². The molecular formula is C10H18N3O12P3. The summed E-state index contributed by atoms with van der Waals surface area (Å²) in [6.07, 6.45) is -2.28. The summed E-state index contributed by atoms with van der Waals surface area (Å²) in [5, 5.41) is 9.96. The minimum absolute atomic E-state index is 0.0261. The predicted octanol–water partition coefficient (Wildman–Crippen LogP) is -1.07. The molecule has 0 bridgehead atoms. The molecule has 0 aliphatic carbocycles. The van der Waals surface area contributed by atoms with Gasteiger partial charge in [0, 0.05) is 12.6 Å². The minimum Gasteiger partial charge on any atom is -0.390 e. The van der Waals surface area contributed by atoms with Crippen LogP contribution < -0.4 is 11.4 Å². The average molecular weight is 465 g/mol. The number of nitrogens with zero attached hydrogens (tertiary/aromatic N) is 2. The van der Waals surface area contributed by atoms with Crippen LogP contribution in [0.5, 0.6) is 0 Å². The number of nitrogen functional groups attached to an aromatic ring is 1. The first kappa shape index (κ1) is 23.3. The first-order chi connectivity index (χ1) is 12.7. The van der Waals surface area contributed by atoms with Gasteiger partial charge in [-0.25, -0.2) is 13.7 Å². The van der Waals surface area contributed by atoms with Gasteiger partial charge in [-0.05, 0) is 6.07 Å². The number of anilines is 1. The van der Waals surface area contributed by atoms with Gasteiger partial charge in [0.15, 0.2) is 5.90 Å². The normalized spacial score (nSPS) is 27.2. The molecule has 2 heterocycles. The van der Waals surface area contributed by atoms with Crippen molar-refractivity contribution in [3.63, 3.8) is 0 Å². The highest BCUT2D eigenvalue weighted by Crippen LogP contribution is 2.65. The molecule has 0 radical (unpaired) electrons. The van der Waals surface area contributed by atoms with Crippen LogP contribution in [0.1, 0.15) is 12.6 Å². The molecule has 1 aliphatic rings. The molecule has 15 nitrogen and oxygen atoms in total. The van der Waals surface area contributed by atoms with Crippen LogP contribution >= 0.6 is 23.0 Å². The maximum atomic E-state index is 11.8. The van der Waals surface area contributed by atoms with Crippen LogP contribution in [0.4, 0.5) is 5.82 Å². The van der Waals surface area contributed by atoms with Gasteiger partial charge in [0.25, 0.3) is 0 Å². The second kappa shape index (κ2) is 8.42. The Hall–Kier alpha value is -0.950. The molecule has 1 aromatic heterocycles. The van der Waals surface area contributed by atoms with E-state index in [4.69, 9.17) is 20.3 Å². The number of phosphoric acid groups is 1. The lowest BCUT2D eigenvalue weighted by Gasteiger charge is -2.19. The highest BCUT2D eigenvalue weighted by Gasteiger charge is 2.41. The third-order valence-electron chi connectivity index (χ3n) is 3.36. The Balaban J connectivity index is 1.98. The molecule has 0 aromatic carbocycles. The zero-order valence-corrected chi connectivity index (χ0v) is 16.6. The van der Waals surface area contributed by atoms with E-state index < -0.39 is 59.6 Å². The summed E-state index contributed by atoms with van der Waals surface area (Å²) in [5.74, 6) is -1.72. The molecule has 160 valence electrons. The van der Waals surface area contributed by atoms with Crippen molar-refractivity contribution < 1.29 is 51.9 Å². The maximum Gasteiger partial charge on any atom is 0.479 e. The van der Waals surface area contributed by atoms with Crippen molar-refractivity contribution in [3.05, 3.63) is 22.7 Å². The standard InChI is InChI=1S/C10H18N3O12P3/c11-8-1-2-13(10(15)12-8)9-3-6(14)7(24-9)4-23-28(21,22)25-27(19,20)5-26(16,17)18/h1-2,6-7,9,14H,3-5H2,(H,19,20)(H,21,22)(H2,11,12,15)(H2,16,17,18)/t6-,7+,9+/m0/s1. The number of phosphoric ester groups is 1. The third kappa shape index (κ3) is 6.83. The van der Waals surface area contributed by atoms with Gasteiger partial charge in [0.2, 0.25) is 0 Å². The van der Waals surface area contributed by atoms with Gasteiger partial charge in [-0.15, -0.1) is 0 Å². The van der Waals surface area contributed by atoms with E-state index in [9.17, 15) is 33.4 Å². The molecule has 0 saturated carbocycles. The number of aromatic nitrogens is 2. The number of rotatable bonds is 8. The van der Waals surface area contributed by atoms with Gasteiger partial charge in [-0.1, -0.05) is 0 Å². The molecule has 1 saturated heterocycles. The van der Waals surface area contributed by atoms with Crippen molar-refractivity contribution >= 4 is 28.8 Å². The van der Waals surface area contributed by atoms with E-state index in [0.29, 0.717) is 0 Å². The van der Waals surface area contributed by atoms with Crippen molar-refractivity contribution in [2.45, 2.75) is 24.9 Å². The zero-order chi connectivity index (χ0) is 21.3. The summed E-state index contributed by atoms with van der Waals surface area (Å²) in [6, 6.07) is 1.32. The van der Waals surface area contributed by atoms with Crippen molar-refractivity contribution in [1.29, 1.82) is 0 Å². The monoisotopic (exact) mass is 465 g/mol. The summed E-state index contributed by atoms with van der Waals surface area (Å²) in [7, 11) is -15.4. The quantitative estimate of drug-likeness (QED) is 0.251. The molecule has 7 N–H and O–H groups in total. The summed E-state index contributed by atoms with van der Waals surface area (Å²) in [4.78, 5) is 51.3. The Morgan fingerprint density at radius 1 is 1.29 bits per heavy atom. The molecular weight excluding hydrogens is 447 g/mol. The molecule has 1 aliphatic heterocycles. The minimum atomic E-state index is -5.23. The van der Waals surface area contributed by atoms with Crippen LogP contribution in [0.25, 0.3) is 0 Å². The molecule has 18 heteroatoms. The molecule has 5 atom stereocenters.